The second-order valence-corrected chi connectivity index (χ2v) is 8.61. The molecule has 168 valence electrons. The molecule has 0 bridgehead atoms. The first kappa shape index (κ1) is 22.3. The van der Waals surface area contributed by atoms with Gasteiger partial charge >= 0.3 is 0 Å². The molecule has 0 N–H and O–H groups in total. The highest BCUT2D eigenvalue weighted by Crippen LogP contribution is 2.26. The van der Waals surface area contributed by atoms with Crippen molar-refractivity contribution in [2.45, 2.75) is 44.6 Å². The molecule has 1 aromatic carbocycles. The lowest BCUT2D eigenvalue weighted by atomic mass is 9.97. The summed E-state index contributed by atoms with van der Waals surface area (Å²) in [5.41, 5.74) is 2.04. The van der Waals surface area contributed by atoms with Gasteiger partial charge in [0.2, 0.25) is 0 Å². The molecule has 0 saturated carbocycles. The van der Waals surface area contributed by atoms with Gasteiger partial charge in [-0.2, -0.15) is 0 Å². The van der Waals surface area contributed by atoms with Crippen molar-refractivity contribution in [3.63, 3.8) is 0 Å². The van der Waals surface area contributed by atoms with E-state index in [4.69, 9.17) is 9.97 Å². The number of anilines is 1. The zero-order chi connectivity index (χ0) is 22.3. The topological polar surface area (TPSA) is 57.0 Å². The minimum atomic E-state index is -0.216. The van der Waals surface area contributed by atoms with Crippen LogP contribution in [0.1, 0.15) is 42.8 Å². The van der Waals surface area contributed by atoms with E-state index in [1.807, 2.05) is 18.3 Å². The van der Waals surface area contributed by atoms with E-state index in [9.17, 15) is 4.39 Å². The molecule has 1 aromatic heterocycles. The second-order valence-electron chi connectivity index (χ2n) is 8.61. The molecule has 0 spiro atoms. The predicted molar refractivity (Wildman–Crippen MR) is 128 cm³/mol. The van der Waals surface area contributed by atoms with Crippen LogP contribution in [0.25, 0.3) is 0 Å². The van der Waals surface area contributed by atoms with Crippen LogP contribution in [0.15, 0.2) is 52.7 Å². The molecule has 2 aliphatic heterocycles. The Balaban J connectivity index is 1.49. The van der Waals surface area contributed by atoms with Crippen LogP contribution in [0, 0.1) is 5.82 Å². The highest BCUT2D eigenvalue weighted by Gasteiger charge is 2.34. The van der Waals surface area contributed by atoms with E-state index in [0.717, 1.165) is 36.0 Å². The van der Waals surface area contributed by atoms with Crippen LogP contribution in [0.2, 0.25) is 0 Å². The van der Waals surface area contributed by atoms with Crippen LogP contribution in [0.3, 0.4) is 0 Å². The van der Waals surface area contributed by atoms with E-state index < -0.39 is 0 Å². The Morgan fingerprint density at radius 3 is 2.62 bits per heavy atom. The molecular weight excluding hydrogens is 403 g/mol. The lowest BCUT2D eigenvalue weighted by Crippen LogP contribution is -2.59. The highest BCUT2D eigenvalue weighted by molar-refractivity contribution is 5.62. The Morgan fingerprint density at radius 1 is 1.16 bits per heavy atom. The van der Waals surface area contributed by atoms with E-state index >= 15 is 0 Å². The molecule has 0 radical (unpaired) electrons. The average Bonchev–Trinajstić information content (AvgIpc) is 3.27. The highest BCUT2D eigenvalue weighted by atomic mass is 19.1. The van der Waals surface area contributed by atoms with Gasteiger partial charge in [0.05, 0.1) is 5.69 Å². The van der Waals surface area contributed by atoms with E-state index in [2.05, 4.69) is 39.5 Å². The van der Waals surface area contributed by atoms with E-state index in [-0.39, 0.29) is 11.7 Å². The largest absolute Gasteiger partial charge is 0.353 e. The van der Waals surface area contributed by atoms with Crippen LogP contribution in [0.5, 0.6) is 0 Å². The van der Waals surface area contributed by atoms with Crippen LogP contribution in [-0.2, 0) is 12.8 Å². The summed E-state index contributed by atoms with van der Waals surface area (Å²) in [7, 11) is 0. The maximum absolute atomic E-state index is 13.3. The molecule has 4 rings (SSSR count). The fourth-order valence-electron chi connectivity index (χ4n) is 4.35. The third kappa shape index (κ3) is 5.65. The zero-order valence-electron chi connectivity index (χ0n) is 18.7. The smallest absolute Gasteiger partial charge is 0.132 e. The normalized spacial score (nSPS) is 18.5. The molecule has 7 heteroatoms. The second kappa shape index (κ2) is 10.6. The van der Waals surface area contributed by atoms with Gasteiger partial charge in [-0.25, -0.2) is 14.4 Å². The summed E-state index contributed by atoms with van der Waals surface area (Å²) in [6.45, 7) is 10.0. The minimum absolute atomic E-state index is 0.197. The number of nitrogens with zero attached hydrogens (tertiary/aromatic N) is 6. The van der Waals surface area contributed by atoms with E-state index in [0.29, 0.717) is 18.9 Å². The fourth-order valence-corrected chi connectivity index (χ4v) is 4.35. The first-order valence-corrected chi connectivity index (χ1v) is 11.4. The summed E-state index contributed by atoms with van der Waals surface area (Å²) in [4.78, 5) is 22.5. The molecule has 0 aliphatic carbocycles. The quantitative estimate of drug-likeness (QED) is 0.559. The number of aliphatic imine (C=N–C) groups is 2. The van der Waals surface area contributed by atoms with Crippen molar-refractivity contribution in [1.82, 2.24) is 14.9 Å². The monoisotopic (exact) mass is 434 g/mol. The van der Waals surface area contributed by atoms with Crippen molar-refractivity contribution in [2.75, 3.05) is 31.1 Å². The summed E-state index contributed by atoms with van der Waals surface area (Å²) < 4.78 is 13.3. The number of rotatable bonds is 9. The molecular formula is C25H31FN6. The summed E-state index contributed by atoms with van der Waals surface area (Å²) in [6, 6.07) is 9.41. The Bertz CT molecular complexity index is 959. The fraction of sp³-hybridized carbons (Fsp3) is 0.440. The molecule has 2 fully saturated rings. The number of benzene rings is 1. The molecule has 6 nitrogen and oxygen atoms in total. The van der Waals surface area contributed by atoms with Gasteiger partial charge in [-0.05, 0) is 56.3 Å². The SMILES string of the molecule is C=N/C=C\N=CCc1cc(N2CC(N3CCCC3)C2)nc(C[C@@H](C)c2ccc(F)cc2)n1. The number of hydrogen-bond acceptors (Lipinski definition) is 6. The van der Waals surface area contributed by atoms with Crippen LogP contribution in [-0.4, -0.2) is 60.0 Å². The van der Waals surface area contributed by atoms with Gasteiger partial charge in [0, 0.05) is 56.7 Å². The van der Waals surface area contributed by atoms with E-state index in [1.54, 1.807) is 12.4 Å². The third-order valence-electron chi connectivity index (χ3n) is 6.25. The average molecular weight is 435 g/mol. The van der Waals surface area contributed by atoms with Gasteiger partial charge in [0.1, 0.15) is 17.5 Å². The molecule has 0 unspecified atom stereocenters. The molecule has 0 amide bonds. The lowest BCUT2D eigenvalue weighted by Gasteiger charge is -2.44. The lowest BCUT2D eigenvalue weighted by molar-refractivity contribution is 0.204. The number of halogens is 1. The molecule has 3 heterocycles. The van der Waals surface area contributed by atoms with Crippen molar-refractivity contribution in [3.8, 4) is 0 Å². The minimum Gasteiger partial charge on any atom is -0.353 e. The summed E-state index contributed by atoms with van der Waals surface area (Å²) in [5, 5.41) is 0. The maximum atomic E-state index is 13.3. The third-order valence-corrected chi connectivity index (χ3v) is 6.25. The van der Waals surface area contributed by atoms with Gasteiger partial charge < -0.3 is 4.90 Å². The summed E-state index contributed by atoms with van der Waals surface area (Å²) in [6.07, 6.45) is 8.94. The van der Waals surface area contributed by atoms with Crippen molar-refractivity contribution in [3.05, 3.63) is 65.6 Å². The summed E-state index contributed by atoms with van der Waals surface area (Å²) in [5.74, 6) is 1.79. The van der Waals surface area contributed by atoms with Crippen LogP contribution in [0.4, 0.5) is 10.2 Å². The Kier molecular flexibility index (Phi) is 7.37. The predicted octanol–water partition coefficient (Wildman–Crippen LogP) is 4.03. The van der Waals surface area contributed by atoms with Gasteiger partial charge in [-0.15, -0.1) is 0 Å². The molecule has 1 atom stereocenters. The first-order chi connectivity index (χ1) is 15.6. The van der Waals surface area contributed by atoms with Gasteiger partial charge in [0.15, 0.2) is 0 Å². The van der Waals surface area contributed by atoms with Crippen LogP contribution < -0.4 is 4.90 Å². The maximum Gasteiger partial charge on any atom is 0.132 e. The standard InChI is InChI=1S/C25H31FN6/c1-19(20-5-7-21(26)8-6-20)15-24-29-22(9-10-28-12-11-27-2)16-25(30-24)32-17-23(18-32)31-13-3-4-14-31/h5-8,10-12,16,19,23H,2-4,9,13-15,17-18H2,1H3/b12-11-,28-10?/t19-/m1/s1. The molecule has 2 aliphatic rings. The van der Waals surface area contributed by atoms with Gasteiger partial charge in [-0.1, -0.05) is 19.1 Å². The van der Waals surface area contributed by atoms with Crippen LogP contribution >= 0.6 is 0 Å². The molecule has 2 aromatic rings. The van der Waals surface area contributed by atoms with Gasteiger partial charge in [-0.3, -0.25) is 14.9 Å². The number of likely N-dealkylation sites (tertiary alicyclic amines) is 1. The molecule has 32 heavy (non-hydrogen) atoms. The summed E-state index contributed by atoms with van der Waals surface area (Å²) >= 11 is 0. The van der Waals surface area contributed by atoms with Crippen molar-refractivity contribution >= 4 is 18.7 Å². The number of hydrogen-bond donors (Lipinski definition) is 0. The van der Waals surface area contributed by atoms with Crippen molar-refractivity contribution < 1.29 is 4.39 Å². The first-order valence-electron chi connectivity index (χ1n) is 11.4. The van der Waals surface area contributed by atoms with Crippen molar-refractivity contribution in [1.29, 1.82) is 0 Å². The Labute approximate surface area is 189 Å². The Hall–Kier alpha value is -2.93. The molecule has 2 saturated heterocycles. The van der Waals surface area contributed by atoms with Crippen molar-refractivity contribution in [2.24, 2.45) is 9.98 Å². The Morgan fingerprint density at radius 2 is 1.91 bits per heavy atom. The zero-order valence-corrected chi connectivity index (χ0v) is 18.7. The van der Waals surface area contributed by atoms with Gasteiger partial charge in [0.25, 0.3) is 0 Å². The van der Waals surface area contributed by atoms with E-state index in [1.165, 1.54) is 38.1 Å². The number of aromatic nitrogens is 2.